The van der Waals surface area contributed by atoms with Crippen molar-refractivity contribution in [1.29, 1.82) is 0 Å². The van der Waals surface area contributed by atoms with E-state index in [1.165, 1.54) is 29.4 Å². The Kier molecular flexibility index (Phi) is 11.5. The van der Waals surface area contributed by atoms with Gasteiger partial charge < -0.3 is 21.3 Å². The summed E-state index contributed by atoms with van der Waals surface area (Å²) in [5.41, 5.74) is 0.344. The Morgan fingerprint density at radius 1 is 1.21 bits per heavy atom. The molecule has 1 atom stereocenters. The first kappa shape index (κ1) is 34.1. The summed E-state index contributed by atoms with van der Waals surface area (Å²) in [6.45, 7) is 3.99. The third kappa shape index (κ3) is 8.49. The van der Waals surface area contributed by atoms with Crippen molar-refractivity contribution in [3.05, 3.63) is 53.6 Å². The second-order valence-electron chi connectivity index (χ2n) is 9.62. The minimum Gasteiger partial charge on any atom is -1.00 e. The van der Waals surface area contributed by atoms with E-state index in [0.29, 0.717) is 17.2 Å². The third-order valence-electron chi connectivity index (χ3n) is 6.68. The molecule has 1 amide bonds. The van der Waals surface area contributed by atoms with Gasteiger partial charge in [-0.2, -0.15) is 14.6 Å². The molecule has 226 valence electrons. The quantitative estimate of drug-likeness (QED) is 0.130. The summed E-state index contributed by atoms with van der Waals surface area (Å²) < 4.78 is 53.1. The van der Waals surface area contributed by atoms with Crippen molar-refractivity contribution < 1.29 is 90.0 Å². The molecule has 0 bridgehead atoms. The summed E-state index contributed by atoms with van der Waals surface area (Å²) in [5.74, 6) is -2.29. The van der Waals surface area contributed by atoms with E-state index in [2.05, 4.69) is 30.0 Å². The first-order valence-electron chi connectivity index (χ1n) is 13.1. The fourth-order valence-corrected chi connectivity index (χ4v) is 6.00. The van der Waals surface area contributed by atoms with E-state index in [0.717, 1.165) is 49.2 Å². The molecule has 3 N–H and O–H groups in total. The number of aromatic nitrogens is 6. The van der Waals surface area contributed by atoms with Crippen LogP contribution in [0.4, 0.5) is 14.5 Å². The van der Waals surface area contributed by atoms with Gasteiger partial charge in [0, 0.05) is 29.9 Å². The Morgan fingerprint density at radius 3 is 2.65 bits per heavy atom. The largest absolute Gasteiger partial charge is 1.00 e. The third-order valence-corrected chi connectivity index (χ3v) is 8.16. The molecule has 0 radical (unpaired) electrons. The molecule has 1 unspecified atom stereocenters. The van der Waals surface area contributed by atoms with Gasteiger partial charge in [0.25, 0.3) is 5.91 Å². The average molecular weight is 664 g/mol. The van der Waals surface area contributed by atoms with Crippen LogP contribution in [0, 0.1) is 11.8 Å². The summed E-state index contributed by atoms with van der Waals surface area (Å²) in [6, 6.07) is 1.83. The molecule has 43 heavy (non-hydrogen) atoms. The number of hydrogen-bond donors (Lipinski definition) is 3. The van der Waals surface area contributed by atoms with Gasteiger partial charge >= 0.3 is 59.2 Å². The van der Waals surface area contributed by atoms with Crippen molar-refractivity contribution in [3.8, 4) is 22.0 Å². The Hall–Kier alpha value is -1.76. The van der Waals surface area contributed by atoms with E-state index < -0.39 is 31.7 Å². The molecular formula is C25H29F2KN7O6PS. The normalized spacial score (nSPS) is 17.8. The van der Waals surface area contributed by atoms with Crippen molar-refractivity contribution in [2.24, 2.45) is 0 Å². The minimum absolute atomic E-state index is 0. The van der Waals surface area contributed by atoms with Gasteiger partial charge in [-0.15, -0.1) is 11.3 Å². The van der Waals surface area contributed by atoms with Crippen LogP contribution in [0.25, 0.3) is 22.0 Å². The monoisotopic (exact) mass is 663 g/mol. The number of rotatable bonds is 10. The number of anilines is 1. The van der Waals surface area contributed by atoms with Gasteiger partial charge in [0.2, 0.25) is 5.95 Å². The molecule has 4 heterocycles. The average Bonchev–Trinajstić information content (AvgIpc) is 3.70. The summed E-state index contributed by atoms with van der Waals surface area (Å²) in [4.78, 5) is 39.3. The van der Waals surface area contributed by atoms with Crippen LogP contribution in [0.5, 0.6) is 0 Å². The van der Waals surface area contributed by atoms with E-state index >= 15 is 0 Å². The number of carbonyl (C=O) groups excluding carboxylic acids is 1. The Bertz CT molecular complexity index is 1630. The first-order chi connectivity index (χ1) is 20.0. The number of hydrogen-bond acceptors (Lipinski definition) is 9. The van der Waals surface area contributed by atoms with Crippen LogP contribution in [0.1, 0.15) is 63.7 Å². The van der Waals surface area contributed by atoms with Crippen LogP contribution in [-0.4, -0.2) is 57.9 Å². The summed E-state index contributed by atoms with van der Waals surface area (Å²) in [6.07, 6.45) is 6.76. The van der Waals surface area contributed by atoms with Crippen LogP contribution in [0.2, 0.25) is 0 Å². The molecule has 13 nitrogen and oxygen atoms in total. The van der Waals surface area contributed by atoms with Crippen molar-refractivity contribution in [2.45, 2.75) is 57.9 Å². The van der Waals surface area contributed by atoms with E-state index in [1.807, 2.05) is 6.92 Å². The zero-order chi connectivity index (χ0) is 30.0. The summed E-state index contributed by atoms with van der Waals surface area (Å²) >= 11 is 1.14. The number of pyridine rings is 1. The molecule has 18 heteroatoms. The van der Waals surface area contributed by atoms with Gasteiger partial charge in [-0.3, -0.25) is 14.0 Å². The standard InChI is InChI=1S/C25H28F2N7O6PS.K.H/c1-3-39-17-6-4-16(5-7-17)34-12-19(23(32-34)22-18(26)8-9-21(27)31-22)29-24(35)20-13-42-25(30-20)15-10-28-33(11-15)14(2)40-41(36,37)38;;/h8-14,16-17H,3-7H2,1-2H3,(H,29,35)(H2,36,37,38);;/q;+1;-1. The number of phosphoric acid groups is 1. The van der Waals surface area contributed by atoms with Crippen LogP contribution >= 0.6 is 19.2 Å². The van der Waals surface area contributed by atoms with Gasteiger partial charge in [-0.1, -0.05) is 0 Å². The minimum atomic E-state index is -4.73. The number of thiazole rings is 1. The van der Waals surface area contributed by atoms with Gasteiger partial charge in [-0.05, 0) is 51.7 Å². The predicted octanol–water partition coefficient (Wildman–Crippen LogP) is 2.06. The van der Waals surface area contributed by atoms with Crippen LogP contribution in [-0.2, 0) is 13.8 Å². The second-order valence-corrected chi connectivity index (χ2v) is 11.7. The maximum absolute atomic E-state index is 14.7. The Morgan fingerprint density at radius 2 is 1.95 bits per heavy atom. The molecule has 1 fully saturated rings. The topological polar surface area (TPSA) is 167 Å². The van der Waals surface area contributed by atoms with Gasteiger partial charge in [0.1, 0.15) is 22.1 Å². The van der Waals surface area contributed by atoms with Gasteiger partial charge in [0.05, 0.1) is 24.0 Å². The number of nitrogens with zero attached hydrogens (tertiary/aromatic N) is 6. The van der Waals surface area contributed by atoms with Crippen molar-refractivity contribution in [2.75, 3.05) is 11.9 Å². The number of halogens is 2. The molecular weight excluding hydrogens is 634 g/mol. The van der Waals surface area contributed by atoms with Crippen LogP contribution < -0.4 is 56.7 Å². The summed E-state index contributed by atoms with van der Waals surface area (Å²) in [7, 11) is -4.73. The number of amides is 1. The molecule has 4 aromatic heterocycles. The molecule has 0 aromatic carbocycles. The molecule has 0 spiro atoms. The number of ether oxygens (including phenoxy) is 1. The van der Waals surface area contributed by atoms with E-state index in [-0.39, 0.29) is 87.7 Å². The maximum Gasteiger partial charge on any atom is 1.00 e. The van der Waals surface area contributed by atoms with Crippen molar-refractivity contribution >= 4 is 30.8 Å². The van der Waals surface area contributed by atoms with Gasteiger partial charge in [0.15, 0.2) is 12.0 Å². The number of carbonyl (C=O) groups is 1. The Labute approximate surface area is 293 Å². The van der Waals surface area contributed by atoms with Crippen molar-refractivity contribution in [3.63, 3.8) is 0 Å². The molecule has 0 aliphatic heterocycles. The van der Waals surface area contributed by atoms with E-state index in [9.17, 15) is 18.1 Å². The molecule has 1 aliphatic carbocycles. The van der Waals surface area contributed by atoms with E-state index in [4.69, 9.17) is 14.5 Å². The fraction of sp³-hybridized carbons (Fsp3) is 0.400. The van der Waals surface area contributed by atoms with Crippen LogP contribution in [0.3, 0.4) is 0 Å². The van der Waals surface area contributed by atoms with Crippen LogP contribution in [0.15, 0.2) is 36.1 Å². The van der Waals surface area contributed by atoms with Crippen molar-refractivity contribution in [1.82, 2.24) is 29.5 Å². The summed E-state index contributed by atoms with van der Waals surface area (Å²) in [5, 5.41) is 13.2. The van der Waals surface area contributed by atoms with E-state index in [1.54, 1.807) is 10.9 Å². The fourth-order valence-electron chi connectivity index (χ4n) is 4.73. The number of phosphoric ester groups is 1. The first-order valence-corrected chi connectivity index (χ1v) is 15.5. The maximum atomic E-state index is 14.7. The van der Waals surface area contributed by atoms with Gasteiger partial charge in [-0.25, -0.2) is 23.6 Å². The SMILES string of the molecule is CCOC1CCC(n2cc(NC(=O)c3csc(-c4cnn(C(C)OP(=O)(O)O)c4)n3)c(-c3nc(F)ccc3F)n2)CC1.[H-].[K+]. The zero-order valence-electron chi connectivity index (χ0n) is 24.6. The molecule has 1 aliphatic rings. The number of nitrogens with one attached hydrogen (secondary N) is 1. The zero-order valence-corrected chi connectivity index (χ0v) is 28.4. The molecule has 4 aromatic rings. The molecule has 1 saturated carbocycles. The Balaban J connectivity index is 0.00000264. The molecule has 0 saturated heterocycles. The molecule has 5 rings (SSSR count). The second kappa shape index (κ2) is 14.6. The smallest absolute Gasteiger partial charge is 1.00 e. The predicted molar refractivity (Wildman–Crippen MR) is 149 cm³/mol.